The lowest BCUT2D eigenvalue weighted by molar-refractivity contribution is -0.0549. The Balaban J connectivity index is 3.17. The highest BCUT2D eigenvalue weighted by atomic mass is 28.4. The molecule has 1 aromatic carbocycles. The number of aliphatic hydroxyl groups is 1. The third kappa shape index (κ3) is 11.4. The van der Waals surface area contributed by atoms with Crippen molar-refractivity contribution in [3.05, 3.63) is 42.0 Å². The van der Waals surface area contributed by atoms with E-state index in [1.165, 1.54) is 0 Å². The van der Waals surface area contributed by atoms with Crippen LogP contribution in [-0.2, 0) is 20.2 Å². The predicted octanol–water partition coefficient (Wildman–Crippen LogP) is 8.59. The fourth-order valence-corrected chi connectivity index (χ4v) is 6.64. The number of aliphatic hydroxyl groups excluding tert-OH is 1. The van der Waals surface area contributed by atoms with Gasteiger partial charge >= 0.3 is 0 Å². The third-order valence-corrected chi connectivity index (χ3v) is 18.0. The summed E-state index contributed by atoms with van der Waals surface area (Å²) in [6, 6.07) is 8.04. The topological polar surface area (TPSA) is 57.2 Å². The molecule has 0 spiro atoms. The molecule has 39 heavy (non-hydrogen) atoms. The molecular formula is C32H60O5Si2. The van der Waals surface area contributed by atoms with E-state index in [1.807, 2.05) is 18.2 Å². The first-order valence-corrected chi connectivity index (χ1v) is 20.5. The Labute approximate surface area is 242 Å². The maximum atomic E-state index is 9.44. The highest BCUT2D eigenvalue weighted by Crippen LogP contribution is 2.40. The lowest BCUT2D eigenvalue weighted by atomic mass is 9.87. The molecule has 0 fully saturated rings. The summed E-state index contributed by atoms with van der Waals surface area (Å²) in [5.41, 5.74) is 1.11. The quantitative estimate of drug-likeness (QED) is 0.121. The van der Waals surface area contributed by atoms with Crippen LogP contribution < -0.4 is 4.74 Å². The Bertz CT molecular complexity index is 853. The molecule has 1 N–H and O–H groups in total. The highest BCUT2D eigenvalue weighted by molar-refractivity contribution is 6.74. The normalized spacial score (nSPS) is 16.8. The van der Waals surface area contributed by atoms with Crippen molar-refractivity contribution in [3.8, 4) is 5.75 Å². The molecule has 0 saturated carbocycles. The molecule has 1 rings (SSSR count). The molecule has 0 aromatic heterocycles. The van der Waals surface area contributed by atoms with Gasteiger partial charge in [-0.3, -0.25) is 0 Å². The van der Waals surface area contributed by atoms with E-state index in [1.54, 1.807) is 7.11 Å². The molecule has 0 radical (unpaired) electrons. The van der Waals surface area contributed by atoms with Gasteiger partial charge in [-0.05, 0) is 66.8 Å². The maximum Gasteiger partial charge on any atom is 0.192 e. The molecule has 0 aliphatic rings. The number of rotatable bonds is 16. The maximum absolute atomic E-state index is 9.44. The summed E-state index contributed by atoms with van der Waals surface area (Å²) in [5.74, 6) is 1.12. The Morgan fingerprint density at radius 1 is 0.897 bits per heavy atom. The molecule has 0 heterocycles. The van der Waals surface area contributed by atoms with Crippen LogP contribution in [0.5, 0.6) is 5.75 Å². The minimum absolute atomic E-state index is 0.0264. The molecule has 0 aliphatic carbocycles. The number of benzene rings is 1. The summed E-state index contributed by atoms with van der Waals surface area (Å²) < 4.78 is 25.6. The van der Waals surface area contributed by atoms with Gasteiger partial charge in [0.2, 0.25) is 0 Å². The monoisotopic (exact) mass is 580 g/mol. The first kappa shape index (κ1) is 36.1. The fourth-order valence-electron chi connectivity index (χ4n) is 4.11. The van der Waals surface area contributed by atoms with Crippen molar-refractivity contribution in [1.82, 2.24) is 0 Å². The third-order valence-electron chi connectivity index (χ3n) is 8.92. The van der Waals surface area contributed by atoms with E-state index >= 15 is 0 Å². The van der Waals surface area contributed by atoms with Gasteiger partial charge in [-0.15, -0.1) is 0 Å². The molecule has 226 valence electrons. The molecule has 0 bridgehead atoms. The van der Waals surface area contributed by atoms with Gasteiger partial charge in [-0.2, -0.15) is 0 Å². The minimum Gasteiger partial charge on any atom is -0.497 e. The molecule has 0 amide bonds. The second kappa shape index (κ2) is 15.3. The van der Waals surface area contributed by atoms with Crippen LogP contribution >= 0.6 is 0 Å². The Hall–Kier alpha value is -0.966. The molecule has 0 aliphatic heterocycles. The van der Waals surface area contributed by atoms with E-state index < -0.39 is 16.6 Å². The summed E-state index contributed by atoms with van der Waals surface area (Å²) in [6.45, 7) is 28.8. The molecule has 7 heteroatoms. The van der Waals surface area contributed by atoms with Gasteiger partial charge in [-0.25, -0.2) is 0 Å². The van der Waals surface area contributed by atoms with Crippen molar-refractivity contribution >= 4 is 16.6 Å². The van der Waals surface area contributed by atoms with Crippen molar-refractivity contribution in [1.29, 1.82) is 0 Å². The molecular weight excluding hydrogens is 521 g/mol. The van der Waals surface area contributed by atoms with Gasteiger partial charge in [0, 0.05) is 18.4 Å². The van der Waals surface area contributed by atoms with Gasteiger partial charge in [0.05, 0.1) is 32.5 Å². The molecule has 0 unspecified atom stereocenters. The molecule has 0 saturated heterocycles. The molecule has 1 aromatic rings. The predicted molar refractivity (Wildman–Crippen MR) is 171 cm³/mol. The number of hydrogen-bond donors (Lipinski definition) is 1. The number of ether oxygens (including phenoxy) is 2. The van der Waals surface area contributed by atoms with Crippen LogP contribution in [0.3, 0.4) is 0 Å². The average Bonchev–Trinajstić information content (AvgIpc) is 2.83. The van der Waals surface area contributed by atoms with Crippen molar-refractivity contribution in [2.75, 3.05) is 20.3 Å². The lowest BCUT2D eigenvalue weighted by Crippen LogP contribution is -2.48. The summed E-state index contributed by atoms with van der Waals surface area (Å²) in [5, 5.41) is 9.76. The van der Waals surface area contributed by atoms with Gasteiger partial charge in [0.15, 0.2) is 16.6 Å². The molecule has 5 nitrogen and oxygen atoms in total. The van der Waals surface area contributed by atoms with Crippen LogP contribution in [-0.4, -0.2) is 54.3 Å². The van der Waals surface area contributed by atoms with Crippen molar-refractivity contribution < 1.29 is 23.4 Å². The van der Waals surface area contributed by atoms with Crippen LogP contribution in [0.25, 0.3) is 0 Å². The Morgan fingerprint density at radius 3 is 1.95 bits per heavy atom. The van der Waals surface area contributed by atoms with Crippen molar-refractivity contribution in [2.45, 2.75) is 123 Å². The lowest BCUT2D eigenvalue weighted by Gasteiger charge is -2.43. The fraction of sp³-hybridized carbons (Fsp3) is 0.750. The van der Waals surface area contributed by atoms with E-state index in [0.717, 1.165) is 30.8 Å². The zero-order chi connectivity index (χ0) is 30.1. The standard InChI is InChI=1S/C32H60O5Si2/c1-25(16-14-22-33)30(35-24-27-18-20-28(34-9)21-19-27)26(2)29(37-39(12,13)32(6,7)8)17-15-23-36-38(10,11)31(3,4)5/h14,16,18-21,25-26,29-30,33H,15,17,22-24H2,1-13H3/b16-14-/t25-,26-,29+,30-/m0/s1. The first-order valence-electron chi connectivity index (χ1n) is 14.7. The Morgan fingerprint density at radius 2 is 1.46 bits per heavy atom. The van der Waals surface area contributed by atoms with E-state index in [0.29, 0.717) is 6.61 Å². The minimum atomic E-state index is -2.02. The zero-order valence-corrected chi connectivity index (χ0v) is 29.4. The largest absolute Gasteiger partial charge is 0.497 e. The van der Waals surface area contributed by atoms with Crippen LogP contribution in [0.4, 0.5) is 0 Å². The first-order chi connectivity index (χ1) is 17.9. The SMILES string of the molecule is COc1ccc(CO[C@H]([C@@H](C)[C@@H](CCCO[Si](C)(C)C(C)(C)C)O[Si](C)(C)C(C)(C)C)[C@@H](C)/C=C\CO)cc1. The number of methoxy groups -OCH3 is 1. The van der Waals surface area contributed by atoms with Crippen molar-refractivity contribution in [3.63, 3.8) is 0 Å². The molecule has 4 atom stereocenters. The van der Waals surface area contributed by atoms with E-state index in [-0.39, 0.29) is 40.7 Å². The van der Waals surface area contributed by atoms with Gasteiger partial charge in [-0.1, -0.05) is 79.7 Å². The van der Waals surface area contributed by atoms with E-state index in [9.17, 15) is 5.11 Å². The summed E-state index contributed by atoms with van der Waals surface area (Å²) >= 11 is 0. The second-order valence-corrected chi connectivity index (χ2v) is 23.7. The van der Waals surface area contributed by atoms with Crippen LogP contribution in [0.2, 0.25) is 36.3 Å². The second-order valence-electron chi connectivity index (χ2n) is 14.1. The van der Waals surface area contributed by atoms with Gasteiger partial charge in [0.1, 0.15) is 5.75 Å². The highest BCUT2D eigenvalue weighted by Gasteiger charge is 2.42. The zero-order valence-electron chi connectivity index (χ0n) is 27.4. The van der Waals surface area contributed by atoms with E-state index in [4.69, 9.17) is 18.3 Å². The summed E-state index contributed by atoms with van der Waals surface area (Å²) in [6.07, 6.45) is 5.77. The average molecular weight is 581 g/mol. The van der Waals surface area contributed by atoms with Crippen LogP contribution in [0, 0.1) is 11.8 Å². The van der Waals surface area contributed by atoms with Gasteiger partial charge < -0.3 is 23.4 Å². The van der Waals surface area contributed by atoms with E-state index in [2.05, 4.69) is 99.8 Å². The van der Waals surface area contributed by atoms with Crippen LogP contribution in [0.1, 0.15) is 73.8 Å². The number of hydrogen-bond acceptors (Lipinski definition) is 5. The van der Waals surface area contributed by atoms with Crippen molar-refractivity contribution in [2.24, 2.45) is 11.8 Å². The van der Waals surface area contributed by atoms with Crippen LogP contribution in [0.15, 0.2) is 36.4 Å². The summed E-state index contributed by atoms with van der Waals surface area (Å²) in [7, 11) is -2.13. The summed E-state index contributed by atoms with van der Waals surface area (Å²) in [4.78, 5) is 0. The Kier molecular flexibility index (Phi) is 14.2. The smallest absolute Gasteiger partial charge is 0.192 e. The van der Waals surface area contributed by atoms with Gasteiger partial charge in [0.25, 0.3) is 0 Å².